The highest BCUT2D eigenvalue weighted by Crippen LogP contribution is 2.26. The van der Waals surface area contributed by atoms with Gasteiger partial charge in [-0.2, -0.15) is 0 Å². The number of imidazole rings is 1. The highest BCUT2D eigenvalue weighted by Gasteiger charge is 2.23. The molecule has 5 rings (SSSR count). The van der Waals surface area contributed by atoms with Crippen molar-refractivity contribution in [3.8, 4) is 5.75 Å². The molecule has 3 heterocycles. The number of carbonyl (C=O) groups is 1. The molecule has 0 saturated carbocycles. The Morgan fingerprint density at radius 1 is 1.13 bits per heavy atom. The number of carbonyl (C=O) groups excluding carboxylic acids is 1. The van der Waals surface area contributed by atoms with Gasteiger partial charge < -0.3 is 14.6 Å². The Labute approximate surface area is 172 Å². The fourth-order valence-corrected chi connectivity index (χ4v) is 4.15. The molecule has 0 atom stereocenters. The first-order chi connectivity index (χ1) is 14.6. The standard InChI is InChI=1S/C22H22F2N4O2/c23-20(24)21-25-17-3-2-16(12-18(17)26-21)22(29)28-8-6-27(7-9-28)13-14-1-4-19-15(11-14)5-10-30-19/h1-4,11-12,20H,5-10,13H2,(H,25,26). The average molecular weight is 412 g/mol. The summed E-state index contributed by atoms with van der Waals surface area (Å²) in [5, 5.41) is 0. The molecule has 0 unspecified atom stereocenters. The van der Waals surface area contributed by atoms with Crippen LogP contribution in [0.2, 0.25) is 0 Å². The summed E-state index contributed by atoms with van der Waals surface area (Å²) in [6.45, 7) is 4.47. The van der Waals surface area contributed by atoms with E-state index in [1.165, 1.54) is 11.1 Å². The molecule has 0 bridgehead atoms. The summed E-state index contributed by atoms with van der Waals surface area (Å²) < 4.78 is 31.2. The van der Waals surface area contributed by atoms with Gasteiger partial charge in [0.25, 0.3) is 12.3 Å². The van der Waals surface area contributed by atoms with Crippen LogP contribution in [0.3, 0.4) is 0 Å². The summed E-state index contributed by atoms with van der Waals surface area (Å²) in [6, 6.07) is 11.2. The average Bonchev–Trinajstić information content (AvgIpc) is 3.39. The number of hydrogen-bond acceptors (Lipinski definition) is 4. The zero-order chi connectivity index (χ0) is 20.7. The van der Waals surface area contributed by atoms with E-state index in [1.54, 1.807) is 18.2 Å². The molecule has 2 aromatic carbocycles. The van der Waals surface area contributed by atoms with Crippen molar-refractivity contribution in [1.29, 1.82) is 0 Å². The monoisotopic (exact) mass is 412 g/mol. The van der Waals surface area contributed by atoms with E-state index in [2.05, 4.69) is 27.0 Å². The molecule has 0 radical (unpaired) electrons. The highest BCUT2D eigenvalue weighted by molar-refractivity contribution is 5.97. The number of aromatic nitrogens is 2. The molecule has 3 aromatic rings. The lowest BCUT2D eigenvalue weighted by atomic mass is 10.1. The van der Waals surface area contributed by atoms with E-state index < -0.39 is 6.43 Å². The summed E-state index contributed by atoms with van der Waals surface area (Å²) in [7, 11) is 0. The Bertz CT molecular complexity index is 1090. The zero-order valence-corrected chi connectivity index (χ0v) is 16.4. The molecule has 156 valence electrons. The van der Waals surface area contributed by atoms with Gasteiger partial charge in [0.15, 0.2) is 5.82 Å². The van der Waals surface area contributed by atoms with Gasteiger partial charge in [0, 0.05) is 44.7 Å². The number of alkyl halides is 2. The maximum Gasteiger partial charge on any atom is 0.295 e. The summed E-state index contributed by atoms with van der Waals surface area (Å²) in [5.41, 5.74) is 3.91. The number of fused-ring (bicyclic) bond motifs is 2. The summed E-state index contributed by atoms with van der Waals surface area (Å²) in [6.07, 6.45) is -1.70. The maximum atomic E-state index is 12.9. The SMILES string of the molecule is O=C(c1ccc2nc(C(F)F)[nH]c2c1)N1CCN(Cc2ccc3c(c2)CCO3)CC1. The number of nitrogens with one attached hydrogen (secondary N) is 1. The molecule has 30 heavy (non-hydrogen) atoms. The number of aromatic amines is 1. The number of rotatable bonds is 4. The van der Waals surface area contributed by atoms with Gasteiger partial charge in [-0.1, -0.05) is 12.1 Å². The number of benzene rings is 2. The smallest absolute Gasteiger partial charge is 0.295 e. The van der Waals surface area contributed by atoms with Crippen LogP contribution in [-0.2, 0) is 13.0 Å². The molecule has 1 fully saturated rings. The fourth-order valence-electron chi connectivity index (χ4n) is 4.15. The van der Waals surface area contributed by atoms with Crippen molar-refractivity contribution in [1.82, 2.24) is 19.8 Å². The van der Waals surface area contributed by atoms with E-state index in [-0.39, 0.29) is 11.7 Å². The second-order valence-corrected chi connectivity index (χ2v) is 7.76. The first-order valence-corrected chi connectivity index (χ1v) is 10.1. The molecule has 0 spiro atoms. The third-order valence-electron chi connectivity index (χ3n) is 5.77. The van der Waals surface area contributed by atoms with Crippen LogP contribution in [0.5, 0.6) is 5.75 Å². The molecule has 6 nitrogen and oxygen atoms in total. The van der Waals surface area contributed by atoms with Crippen LogP contribution in [0.4, 0.5) is 8.78 Å². The van der Waals surface area contributed by atoms with Gasteiger partial charge in [0.05, 0.1) is 17.6 Å². The molecule has 1 saturated heterocycles. The number of halogens is 2. The van der Waals surface area contributed by atoms with Crippen molar-refractivity contribution in [2.24, 2.45) is 0 Å². The third-order valence-corrected chi connectivity index (χ3v) is 5.77. The van der Waals surface area contributed by atoms with Crippen LogP contribution in [0.15, 0.2) is 36.4 Å². The van der Waals surface area contributed by atoms with E-state index in [1.807, 2.05) is 11.0 Å². The van der Waals surface area contributed by atoms with Gasteiger partial charge in [-0.3, -0.25) is 9.69 Å². The number of ether oxygens (including phenoxy) is 1. The zero-order valence-electron chi connectivity index (χ0n) is 16.4. The van der Waals surface area contributed by atoms with Crippen LogP contribution < -0.4 is 4.74 Å². The number of hydrogen-bond donors (Lipinski definition) is 1. The number of H-pyrrole nitrogens is 1. The molecule has 2 aliphatic rings. The first-order valence-electron chi connectivity index (χ1n) is 10.1. The van der Waals surface area contributed by atoms with Crippen LogP contribution >= 0.6 is 0 Å². The van der Waals surface area contributed by atoms with Gasteiger partial charge in [-0.25, -0.2) is 13.8 Å². The summed E-state index contributed by atoms with van der Waals surface area (Å²) in [4.78, 5) is 23.5. The molecule has 1 amide bonds. The van der Waals surface area contributed by atoms with E-state index >= 15 is 0 Å². The summed E-state index contributed by atoms with van der Waals surface area (Å²) in [5.74, 6) is 0.532. The fraction of sp³-hybridized carbons (Fsp3) is 0.364. The first kappa shape index (κ1) is 19.0. The van der Waals surface area contributed by atoms with Gasteiger partial charge in [-0.05, 0) is 35.4 Å². The minimum atomic E-state index is -2.66. The summed E-state index contributed by atoms with van der Waals surface area (Å²) >= 11 is 0. The van der Waals surface area contributed by atoms with Crippen LogP contribution in [-0.4, -0.2) is 58.5 Å². The molecule has 2 aliphatic heterocycles. The number of amides is 1. The third kappa shape index (κ3) is 3.63. The quantitative estimate of drug-likeness (QED) is 0.714. The number of piperazine rings is 1. The lowest BCUT2D eigenvalue weighted by molar-refractivity contribution is 0.0628. The number of nitrogens with zero attached hydrogens (tertiary/aromatic N) is 3. The van der Waals surface area contributed by atoms with Crippen molar-refractivity contribution in [2.45, 2.75) is 19.4 Å². The second-order valence-electron chi connectivity index (χ2n) is 7.76. The molecular weight excluding hydrogens is 390 g/mol. The van der Waals surface area contributed by atoms with Crippen LogP contribution in [0.25, 0.3) is 11.0 Å². The minimum absolute atomic E-state index is 0.0839. The second kappa shape index (κ2) is 7.68. The van der Waals surface area contributed by atoms with E-state index in [4.69, 9.17) is 4.74 Å². The van der Waals surface area contributed by atoms with Gasteiger partial charge in [0.1, 0.15) is 5.75 Å². The van der Waals surface area contributed by atoms with Crippen molar-refractivity contribution in [3.63, 3.8) is 0 Å². The maximum absolute atomic E-state index is 12.9. The van der Waals surface area contributed by atoms with E-state index in [0.717, 1.165) is 38.4 Å². The lowest BCUT2D eigenvalue weighted by Gasteiger charge is -2.34. The van der Waals surface area contributed by atoms with Crippen molar-refractivity contribution in [3.05, 3.63) is 58.9 Å². The van der Waals surface area contributed by atoms with Crippen molar-refractivity contribution in [2.75, 3.05) is 32.8 Å². The van der Waals surface area contributed by atoms with Crippen LogP contribution in [0, 0.1) is 0 Å². The van der Waals surface area contributed by atoms with E-state index in [0.29, 0.717) is 29.7 Å². The predicted molar refractivity (Wildman–Crippen MR) is 108 cm³/mol. The van der Waals surface area contributed by atoms with E-state index in [9.17, 15) is 13.6 Å². The topological polar surface area (TPSA) is 61.5 Å². The largest absolute Gasteiger partial charge is 0.493 e. The molecule has 0 aliphatic carbocycles. The molecule has 1 aromatic heterocycles. The predicted octanol–water partition coefficient (Wildman–Crippen LogP) is 3.39. The van der Waals surface area contributed by atoms with Crippen LogP contribution in [0.1, 0.15) is 33.7 Å². The van der Waals surface area contributed by atoms with Crippen molar-refractivity contribution >= 4 is 16.9 Å². The molecule has 8 heteroatoms. The normalized spacial score (nSPS) is 16.8. The Morgan fingerprint density at radius 3 is 2.77 bits per heavy atom. The molecular formula is C22H22F2N4O2. The Balaban J connectivity index is 1.22. The Morgan fingerprint density at radius 2 is 1.97 bits per heavy atom. The van der Waals surface area contributed by atoms with Gasteiger partial charge in [-0.15, -0.1) is 0 Å². The van der Waals surface area contributed by atoms with Gasteiger partial charge in [0.2, 0.25) is 0 Å². The van der Waals surface area contributed by atoms with Gasteiger partial charge >= 0.3 is 0 Å². The van der Waals surface area contributed by atoms with Crippen molar-refractivity contribution < 1.29 is 18.3 Å². The Hall–Kier alpha value is -3.00. The Kier molecular flexibility index (Phi) is 4.86. The molecule has 1 N–H and O–H groups in total. The lowest BCUT2D eigenvalue weighted by Crippen LogP contribution is -2.48. The highest BCUT2D eigenvalue weighted by atomic mass is 19.3. The minimum Gasteiger partial charge on any atom is -0.493 e.